The number of nitrogens with one attached hydrogen (secondary N) is 2. The molecule has 0 aliphatic heterocycles. The van der Waals surface area contributed by atoms with Crippen LogP contribution < -0.4 is 10.1 Å². The molecule has 0 saturated heterocycles. The van der Waals surface area contributed by atoms with Crippen molar-refractivity contribution in [2.45, 2.75) is 66.0 Å². The Labute approximate surface area is 221 Å². The molecule has 0 fully saturated rings. The molecule has 0 bridgehead atoms. The van der Waals surface area contributed by atoms with Gasteiger partial charge in [-0.2, -0.15) is 15.2 Å². The van der Waals surface area contributed by atoms with Gasteiger partial charge in [-0.15, -0.1) is 10.2 Å². The average molecular weight is 520 g/mol. The number of nitrogens with zero attached hydrogens (tertiary/aromatic N) is 5. The number of H-pyrrole nitrogens is 1. The molecular formula is C28H34FN7O2. The molecule has 0 unspecified atom stereocenters. The highest BCUT2D eigenvalue weighted by atomic mass is 19.1. The second-order valence-electron chi connectivity index (χ2n) is 10.0. The van der Waals surface area contributed by atoms with Crippen molar-refractivity contribution in [1.29, 1.82) is 0 Å². The summed E-state index contributed by atoms with van der Waals surface area (Å²) in [5.41, 5.74) is 6.36. The molecular weight excluding hydrogens is 485 g/mol. The van der Waals surface area contributed by atoms with E-state index in [1.165, 1.54) is 6.07 Å². The van der Waals surface area contributed by atoms with E-state index >= 15 is 0 Å². The number of benzene rings is 2. The minimum Gasteiger partial charge on any atom is -0.463 e. The first-order valence-corrected chi connectivity index (χ1v) is 12.6. The first kappa shape index (κ1) is 27.1. The topological polar surface area (TPSA) is 122 Å². The van der Waals surface area contributed by atoms with Crippen molar-refractivity contribution in [2.24, 2.45) is 0 Å². The van der Waals surface area contributed by atoms with Crippen LogP contribution in [-0.4, -0.2) is 47.9 Å². The van der Waals surface area contributed by atoms with Gasteiger partial charge < -0.3 is 15.2 Å². The lowest BCUT2D eigenvalue weighted by molar-refractivity contribution is 0.0539. The highest BCUT2D eigenvalue weighted by Crippen LogP contribution is 2.31. The molecule has 200 valence electrons. The van der Waals surface area contributed by atoms with Crippen LogP contribution >= 0.6 is 0 Å². The number of aryl methyl sites for hydroxylation is 4. The fourth-order valence-electron chi connectivity index (χ4n) is 4.27. The molecule has 0 saturated carbocycles. The van der Waals surface area contributed by atoms with Crippen LogP contribution in [-0.2, 0) is 19.4 Å². The van der Waals surface area contributed by atoms with Gasteiger partial charge in [0.05, 0.1) is 23.6 Å². The Balaban J connectivity index is 1.45. The Kier molecular flexibility index (Phi) is 8.31. The van der Waals surface area contributed by atoms with Crippen molar-refractivity contribution >= 4 is 5.69 Å². The number of hydrogen-bond donors (Lipinski definition) is 3. The van der Waals surface area contributed by atoms with Crippen LogP contribution in [0.15, 0.2) is 36.4 Å². The maximum absolute atomic E-state index is 14.7. The molecule has 0 aliphatic rings. The molecule has 0 amide bonds. The van der Waals surface area contributed by atoms with Crippen molar-refractivity contribution in [3.8, 4) is 17.1 Å². The molecule has 10 heteroatoms. The van der Waals surface area contributed by atoms with Crippen LogP contribution in [0.2, 0.25) is 0 Å². The summed E-state index contributed by atoms with van der Waals surface area (Å²) in [6, 6.07) is 11.6. The largest absolute Gasteiger partial charge is 0.463 e. The van der Waals surface area contributed by atoms with Crippen LogP contribution in [0.4, 0.5) is 10.1 Å². The van der Waals surface area contributed by atoms with E-state index in [2.05, 4.69) is 55.0 Å². The number of hydrogen-bond acceptors (Lipinski definition) is 8. The summed E-state index contributed by atoms with van der Waals surface area (Å²) in [4.78, 5) is 9.12. The van der Waals surface area contributed by atoms with Crippen molar-refractivity contribution < 1.29 is 14.2 Å². The summed E-state index contributed by atoms with van der Waals surface area (Å²) in [6.07, 6.45) is 1.50. The molecule has 2 aromatic heterocycles. The fourth-order valence-corrected chi connectivity index (χ4v) is 4.27. The SMILES string of the molecule is Cc1nc(OCCC(C)(C)O)nc(C)c1-c1cccc(CNc2ccc(CCc3nn[nH]n3)c(F)c2)c1C. The van der Waals surface area contributed by atoms with Crippen LogP contribution in [0.5, 0.6) is 6.01 Å². The van der Waals surface area contributed by atoms with Crippen molar-refractivity contribution in [3.05, 3.63) is 76.1 Å². The Morgan fingerprint density at radius 3 is 2.45 bits per heavy atom. The van der Waals surface area contributed by atoms with Crippen molar-refractivity contribution in [3.63, 3.8) is 0 Å². The van der Waals surface area contributed by atoms with Gasteiger partial charge in [0.15, 0.2) is 5.82 Å². The number of aliphatic hydroxyl groups is 1. The Morgan fingerprint density at radius 2 is 1.79 bits per heavy atom. The summed E-state index contributed by atoms with van der Waals surface area (Å²) in [7, 11) is 0. The number of tetrazole rings is 1. The molecule has 0 aliphatic carbocycles. The smallest absolute Gasteiger partial charge is 0.316 e. The third-order valence-electron chi connectivity index (χ3n) is 6.45. The van der Waals surface area contributed by atoms with E-state index in [1.807, 2.05) is 26.0 Å². The molecule has 38 heavy (non-hydrogen) atoms. The summed E-state index contributed by atoms with van der Waals surface area (Å²) in [5.74, 6) is 0.294. The van der Waals surface area contributed by atoms with Gasteiger partial charge in [-0.3, -0.25) is 0 Å². The summed E-state index contributed by atoms with van der Waals surface area (Å²) < 4.78 is 20.4. The lowest BCUT2D eigenvalue weighted by Gasteiger charge is -2.18. The summed E-state index contributed by atoms with van der Waals surface area (Å²) >= 11 is 0. The minimum absolute atomic E-state index is 0.266. The molecule has 0 spiro atoms. The third-order valence-corrected chi connectivity index (χ3v) is 6.45. The third kappa shape index (κ3) is 6.89. The quantitative estimate of drug-likeness (QED) is 0.262. The van der Waals surface area contributed by atoms with Gasteiger partial charge in [0.1, 0.15) is 5.82 Å². The highest BCUT2D eigenvalue weighted by Gasteiger charge is 2.17. The minimum atomic E-state index is -0.806. The lowest BCUT2D eigenvalue weighted by Crippen LogP contribution is -2.22. The number of aromatic nitrogens is 6. The van der Waals surface area contributed by atoms with Gasteiger partial charge in [0, 0.05) is 30.6 Å². The number of ether oxygens (including phenoxy) is 1. The van der Waals surface area contributed by atoms with E-state index in [4.69, 9.17) is 4.74 Å². The molecule has 0 atom stereocenters. The Bertz CT molecular complexity index is 1360. The molecule has 4 aromatic rings. The van der Waals surface area contributed by atoms with Gasteiger partial charge in [-0.25, -0.2) is 4.39 Å². The van der Waals surface area contributed by atoms with E-state index in [9.17, 15) is 9.50 Å². The number of aromatic amines is 1. The summed E-state index contributed by atoms with van der Waals surface area (Å²) in [6.45, 7) is 10.3. The molecule has 3 N–H and O–H groups in total. The Hall–Kier alpha value is -3.92. The second kappa shape index (κ2) is 11.6. The first-order chi connectivity index (χ1) is 18.1. The van der Waals surface area contributed by atoms with Gasteiger partial charge in [-0.1, -0.05) is 29.5 Å². The zero-order valence-corrected chi connectivity index (χ0v) is 22.5. The lowest BCUT2D eigenvalue weighted by atomic mass is 9.94. The number of anilines is 1. The molecule has 2 aromatic carbocycles. The van der Waals surface area contributed by atoms with E-state index in [-0.39, 0.29) is 5.82 Å². The van der Waals surface area contributed by atoms with Crippen LogP contribution in [0.3, 0.4) is 0 Å². The highest BCUT2D eigenvalue weighted by molar-refractivity contribution is 5.72. The zero-order chi connectivity index (χ0) is 27.3. The van der Waals surface area contributed by atoms with E-state index < -0.39 is 5.60 Å². The fraction of sp³-hybridized carbons (Fsp3) is 0.393. The monoisotopic (exact) mass is 519 g/mol. The maximum Gasteiger partial charge on any atom is 0.316 e. The maximum atomic E-state index is 14.7. The average Bonchev–Trinajstić information content (AvgIpc) is 3.36. The summed E-state index contributed by atoms with van der Waals surface area (Å²) in [5, 5.41) is 27.0. The predicted octanol–water partition coefficient (Wildman–Crippen LogP) is 4.66. The zero-order valence-electron chi connectivity index (χ0n) is 22.5. The van der Waals surface area contributed by atoms with Crippen LogP contribution in [0.25, 0.3) is 11.1 Å². The molecule has 9 nitrogen and oxygen atoms in total. The van der Waals surface area contributed by atoms with Gasteiger partial charge >= 0.3 is 6.01 Å². The normalized spacial score (nSPS) is 11.6. The Morgan fingerprint density at radius 1 is 1.03 bits per heavy atom. The predicted molar refractivity (Wildman–Crippen MR) is 143 cm³/mol. The van der Waals surface area contributed by atoms with Crippen LogP contribution in [0, 0.1) is 26.6 Å². The molecule has 2 heterocycles. The first-order valence-electron chi connectivity index (χ1n) is 12.6. The van der Waals surface area contributed by atoms with Crippen LogP contribution in [0.1, 0.15) is 54.2 Å². The second-order valence-corrected chi connectivity index (χ2v) is 10.0. The van der Waals surface area contributed by atoms with Crippen molar-refractivity contribution in [1.82, 2.24) is 30.6 Å². The number of rotatable bonds is 11. The number of halogens is 1. The molecule has 0 radical (unpaired) electrons. The van der Waals surface area contributed by atoms with Gasteiger partial charge in [0.2, 0.25) is 0 Å². The standard InChI is InChI=1S/C28H34FN7O2/c1-17-21(16-30-22-11-9-20(24(29)15-22)10-12-25-33-35-36-34-25)7-6-8-23(17)26-18(2)31-27(32-19(26)3)38-14-13-28(4,5)37/h6-9,11,15,30,37H,10,12-14,16H2,1-5H3,(H,33,34,35,36). The van der Waals surface area contributed by atoms with E-state index in [1.54, 1.807) is 19.9 Å². The van der Waals surface area contributed by atoms with E-state index in [0.29, 0.717) is 55.5 Å². The van der Waals surface area contributed by atoms with E-state index in [0.717, 1.165) is 33.6 Å². The van der Waals surface area contributed by atoms with Gasteiger partial charge in [0.25, 0.3) is 0 Å². The van der Waals surface area contributed by atoms with Crippen molar-refractivity contribution in [2.75, 3.05) is 11.9 Å². The molecule has 4 rings (SSSR count). The van der Waals surface area contributed by atoms with Gasteiger partial charge in [-0.05, 0) is 75.4 Å².